The Morgan fingerprint density at radius 1 is 1.47 bits per heavy atom. The maximum atomic E-state index is 5.65. The van der Waals surface area contributed by atoms with Crippen LogP contribution in [-0.4, -0.2) is 35.8 Å². The van der Waals surface area contributed by atoms with Gasteiger partial charge in [-0.2, -0.15) is 0 Å². The van der Waals surface area contributed by atoms with Crippen LogP contribution in [0.15, 0.2) is 12.4 Å². The zero-order valence-electron chi connectivity index (χ0n) is 10.1. The summed E-state index contributed by atoms with van der Waals surface area (Å²) < 4.78 is 5.65. The van der Waals surface area contributed by atoms with Gasteiger partial charge in [0.15, 0.2) is 0 Å². The predicted octanol–water partition coefficient (Wildman–Crippen LogP) is 2.38. The highest BCUT2D eigenvalue weighted by Crippen LogP contribution is 2.16. The van der Waals surface area contributed by atoms with Gasteiger partial charge in [-0.15, -0.1) is 0 Å². The topological polar surface area (TPSA) is 38.2 Å². The minimum Gasteiger partial charge on any atom is -0.376 e. The van der Waals surface area contributed by atoms with Crippen LogP contribution >= 0.6 is 15.9 Å². The van der Waals surface area contributed by atoms with E-state index in [1.54, 1.807) is 0 Å². The normalized spacial score (nSPS) is 19.5. The molecule has 2 rings (SSSR count). The molecule has 1 aromatic rings. The van der Waals surface area contributed by atoms with Crippen LogP contribution < -0.4 is 4.90 Å². The maximum absolute atomic E-state index is 5.65. The highest BCUT2D eigenvalue weighted by Gasteiger charge is 2.19. The van der Waals surface area contributed by atoms with E-state index >= 15 is 0 Å². The zero-order chi connectivity index (χ0) is 12.1. The van der Waals surface area contributed by atoms with Crippen molar-refractivity contribution >= 4 is 21.9 Å². The molecular weight excluding hydrogens is 282 g/mol. The van der Waals surface area contributed by atoms with Crippen molar-refractivity contribution in [2.24, 2.45) is 0 Å². The van der Waals surface area contributed by atoms with Crippen LogP contribution in [0.5, 0.6) is 0 Å². The average molecular weight is 300 g/mol. The summed E-state index contributed by atoms with van der Waals surface area (Å²) in [6.07, 6.45) is 6.40. The Balaban J connectivity index is 2.00. The molecule has 0 N–H and O–H groups in total. The lowest BCUT2D eigenvalue weighted by molar-refractivity contribution is 0.115. The van der Waals surface area contributed by atoms with E-state index in [0.717, 1.165) is 43.0 Å². The molecule has 2 heterocycles. The quantitative estimate of drug-likeness (QED) is 0.783. The zero-order valence-corrected chi connectivity index (χ0v) is 11.7. The molecule has 1 saturated heterocycles. The predicted molar refractivity (Wildman–Crippen MR) is 71.5 cm³/mol. The number of hydrogen-bond acceptors (Lipinski definition) is 4. The van der Waals surface area contributed by atoms with Crippen LogP contribution in [0.4, 0.5) is 5.95 Å². The van der Waals surface area contributed by atoms with Crippen molar-refractivity contribution in [1.29, 1.82) is 0 Å². The minimum atomic E-state index is 0.342. The van der Waals surface area contributed by atoms with Crippen molar-refractivity contribution in [3.05, 3.63) is 18.0 Å². The second-order valence-corrected chi connectivity index (χ2v) is 4.76. The van der Waals surface area contributed by atoms with Gasteiger partial charge in [0, 0.05) is 37.4 Å². The molecule has 17 heavy (non-hydrogen) atoms. The van der Waals surface area contributed by atoms with Crippen molar-refractivity contribution in [2.45, 2.75) is 31.2 Å². The lowest BCUT2D eigenvalue weighted by atomic mass is 10.2. The van der Waals surface area contributed by atoms with Gasteiger partial charge < -0.3 is 9.64 Å². The Kier molecular flexibility index (Phi) is 4.74. The van der Waals surface area contributed by atoms with Gasteiger partial charge in [-0.3, -0.25) is 0 Å². The molecule has 0 spiro atoms. The molecule has 4 nitrogen and oxygen atoms in total. The first kappa shape index (κ1) is 12.8. The van der Waals surface area contributed by atoms with Gasteiger partial charge in [-0.1, -0.05) is 15.9 Å². The highest BCUT2D eigenvalue weighted by molar-refractivity contribution is 9.08. The molecule has 0 bridgehead atoms. The van der Waals surface area contributed by atoms with E-state index in [9.17, 15) is 0 Å². The second-order valence-electron chi connectivity index (χ2n) is 4.20. The van der Waals surface area contributed by atoms with Crippen molar-refractivity contribution in [3.8, 4) is 0 Å². The van der Waals surface area contributed by atoms with Gasteiger partial charge in [0.25, 0.3) is 0 Å². The average Bonchev–Trinajstić information content (AvgIpc) is 2.89. The smallest absolute Gasteiger partial charge is 0.225 e. The SMILES string of the molecule is CCN(CC1CCCO1)c1ncc(CBr)cn1. The lowest BCUT2D eigenvalue weighted by Gasteiger charge is -2.23. The van der Waals surface area contributed by atoms with Gasteiger partial charge >= 0.3 is 0 Å². The van der Waals surface area contributed by atoms with Gasteiger partial charge in [0.1, 0.15) is 0 Å². The van der Waals surface area contributed by atoms with Crippen molar-refractivity contribution in [2.75, 3.05) is 24.6 Å². The summed E-state index contributed by atoms with van der Waals surface area (Å²) >= 11 is 3.39. The maximum Gasteiger partial charge on any atom is 0.225 e. The van der Waals surface area contributed by atoms with E-state index in [1.165, 1.54) is 6.42 Å². The molecule has 0 aromatic carbocycles. The second kappa shape index (κ2) is 6.31. The van der Waals surface area contributed by atoms with E-state index in [4.69, 9.17) is 4.74 Å². The molecule has 0 radical (unpaired) electrons. The summed E-state index contributed by atoms with van der Waals surface area (Å²) in [6.45, 7) is 4.82. The molecule has 1 atom stereocenters. The standard InChI is InChI=1S/C12H18BrN3O/c1-2-16(9-11-4-3-5-17-11)12-14-7-10(6-13)8-15-12/h7-8,11H,2-6,9H2,1H3. The number of likely N-dealkylation sites (N-methyl/N-ethyl adjacent to an activating group) is 1. The molecule has 0 amide bonds. The summed E-state index contributed by atoms with van der Waals surface area (Å²) in [5, 5.41) is 0.797. The Hall–Kier alpha value is -0.680. The Morgan fingerprint density at radius 2 is 2.24 bits per heavy atom. The number of hydrogen-bond donors (Lipinski definition) is 0. The third kappa shape index (κ3) is 3.39. The molecule has 1 unspecified atom stereocenters. The van der Waals surface area contributed by atoms with Crippen LogP contribution in [-0.2, 0) is 10.1 Å². The first-order chi connectivity index (χ1) is 8.33. The number of ether oxygens (including phenoxy) is 1. The van der Waals surface area contributed by atoms with Crippen LogP contribution in [0, 0.1) is 0 Å². The summed E-state index contributed by atoms with van der Waals surface area (Å²) in [5.74, 6) is 0.799. The number of nitrogens with zero attached hydrogens (tertiary/aromatic N) is 3. The number of anilines is 1. The van der Waals surface area contributed by atoms with Gasteiger partial charge in [0.2, 0.25) is 5.95 Å². The number of rotatable bonds is 5. The Morgan fingerprint density at radius 3 is 2.76 bits per heavy atom. The fourth-order valence-electron chi connectivity index (χ4n) is 1.97. The fraction of sp³-hybridized carbons (Fsp3) is 0.667. The van der Waals surface area contributed by atoms with E-state index < -0.39 is 0 Å². The lowest BCUT2D eigenvalue weighted by Crippen LogP contribution is -2.33. The molecule has 1 fully saturated rings. The number of alkyl halides is 1. The van der Waals surface area contributed by atoms with Crippen LogP contribution in [0.2, 0.25) is 0 Å². The first-order valence-electron chi connectivity index (χ1n) is 6.07. The largest absolute Gasteiger partial charge is 0.376 e. The van der Waals surface area contributed by atoms with Crippen LogP contribution in [0.25, 0.3) is 0 Å². The molecular formula is C12H18BrN3O. The number of aromatic nitrogens is 2. The highest BCUT2D eigenvalue weighted by atomic mass is 79.9. The molecule has 1 aliphatic heterocycles. The third-order valence-electron chi connectivity index (χ3n) is 2.96. The van der Waals surface area contributed by atoms with Crippen LogP contribution in [0.1, 0.15) is 25.3 Å². The van der Waals surface area contributed by atoms with E-state index in [1.807, 2.05) is 12.4 Å². The molecule has 0 saturated carbocycles. The third-order valence-corrected chi connectivity index (χ3v) is 3.61. The van der Waals surface area contributed by atoms with Crippen molar-refractivity contribution < 1.29 is 4.74 Å². The summed E-state index contributed by atoms with van der Waals surface area (Å²) in [6, 6.07) is 0. The van der Waals surface area contributed by atoms with E-state index in [0.29, 0.717) is 6.10 Å². The summed E-state index contributed by atoms with van der Waals surface area (Å²) in [4.78, 5) is 11.0. The molecule has 94 valence electrons. The molecule has 1 aromatic heterocycles. The van der Waals surface area contributed by atoms with E-state index in [-0.39, 0.29) is 0 Å². The first-order valence-corrected chi connectivity index (χ1v) is 7.19. The van der Waals surface area contributed by atoms with Crippen molar-refractivity contribution in [3.63, 3.8) is 0 Å². The van der Waals surface area contributed by atoms with E-state index in [2.05, 4.69) is 37.7 Å². The molecule has 1 aliphatic rings. The molecule has 5 heteroatoms. The van der Waals surface area contributed by atoms with Gasteiger partial charge in [0.05, 0.1) is 6.10 Å². The molecule has 0 aliphatic carbocycles. The van der Waals surface area contributed by atoms with Crippen molar-refractivity contribution in [1.82, 2.24) is 9.97 Å². The minimum absolute atomic E-state index is 0.342. The fourth-order valence-corrected chi connectivity index (χ4v) is 2.26. The van der Waals surface area contributed by atoms with Gasteiger partial charge in [-0.05, 0) is 25.3 Å². The number of halogens is 1. The van der Waals surface area contributed by atoms with Gasteiger partial charge in [-0.25, -0.2) is 9.97 Å². The Labute approximate surface area is 111 Å². The summed E-state index contributed by atoms with van der Waals surface area (Å²) in [5.41, 5.74) is 1.10. The Bertz CT molecular complexity index is 338. The summed E-state index contributed by atoms with van der Waals surface area (Å²) in [7, 11) is 0. The monoisotopic (exact) mass is 299 g/mol. The van der Waals surface area contributed by atoms with Crippen LogP contribution in [0.3, 0.4) is 0 Å².